The quantitative estimate of drug-likeness (QED) is 0.911. The highest BCUT2D eigenvalue weighted by Gasteiger charge is 2.34. The molecule has 0 saturated carbocycles. The van der Waals surface area contributed by atoms with Gasteiger partial charge in [0.05, 0.1) is 0 Å². The van der Waals surface area contributed by atoms with Gasteiger partial charge in [-0.3, -0.25) is 0 Å². The average molecular weight is 341 g/mol. The molecule has 2 rings (SSSR count). The molecule has 1 heterocycles. The van der Waals surface area contributed by atoms with Gasteiger partial charge in [0.1, 0.15) is 16.5 Å². The predicted molar refractivity (Wildman–Crippen MR) is 79.1 cm³/mol. The molecule has 0 aliphatic carbocycles. The highest BCUT2D eigenvalue weighted by atomic mass is 35.5. The zero-order valence-corrected chi connectivity index (χ0v) is 13.5. The number of nitrogens with one attached hydrogen (secondary N) is 1. The molecule has 1 atom stereocenters. The van der Waals surface area contributed by atoms with Gasteiger partial charge in [-0.2, -0.15) is 4.31 Å². The van der Waals surface area contributed by atoms with Crippen molar-refractivity contribution in [2.75, 3.05) is 26.7 Å². The second-order valence-corrected chi connectivity index (χ2v) is 7.01. The molecule has 0 radical (unpaired) electrons. The summed E-state index contributed by atoms with van der Waals surface area (Å²) < 4.78 is 53.1. The van der Waals surface area contributed by atoms with Crippen LogP contribution in [0.2, 0.25) is 0 Å². The maximum absolute atomic E-state index is 13.8. The summed E-state index contributed by atoms with van der Waals surface area (Å²) in [6.45, 7) is 2.86. The van der Waals surface area contributed by atoms with E-state index in [4.69, 9.17) is 0 Å². The Labute approximate surface area is 130 Å². The molecule has 1 aromatic carbocycles. The van der Waals surface area contributed by atoms with Gasteiger partial charge in [-0.1, -0.05) is 0 Å². The first kappa shape index (κ1) is 18.3. The number of hydrogen-bond donors (Lipinski definition) is 1. The van der Waals surface area contributed by atoms with E-state index in [1.165, 1.54) is 11.2 Å². The summed E-state index contributed by atoms with van der Waals surface area (Å²) in [4.78, 5) is -0.443. The summed E-state index contributed by atoms with van der Waals surface area (Å²) in [5.74, 6) is -1.56. The van der Waals surface area contributed by atoms with Gasteiger partial charge in [0.15, 0.2) is 0 Å². The summed E-state index contributed by atoms with van der Waals surface area (Å²) in [6.07, 6.45) is 0.738. The lowest BCUT2D eigenvalue weighted by atomic mass is 10.1. The molecule has 1 unspecified atom stereocenters. The summed E-state index contributed by atoms with van der Waals surface area (Å²) in [5.41, 5.74) is 0.121. The molecular weight excluding hydrogens is 322 g/mol. The zero-order chi connectivity index (χ0) is 14.9. The molecule has 1 saturated heterocycles. The van der Waals surface area contributed by atoms with Crippen molar-refractivity contribution in [1.29, 1.82) is 0 Å². The van der Waals surface area contributed by atoms with Crippen LogP contribution in [-0.4, -0.2) is 39.4 Å². The van der Waals surface area contributed by atoms with Crippen molar-refractivity contribution < 1.29 is 17.2 Å². The first-order valence-electron chi connectivity index (χ1n) is 6.46. The fraction of sp³-hybridized carbons (Fsp3) is 0.538. The third kappa shape index (κ3) is 3.71. The van der Waals surface area contributed by atoms with Gasteiger partial charge in [0.2, 0.25) is 10.0 Å². The molecule has 1 N–H and O–H groups in total. The highest BCUT2D eigenvalue weighted by Crippen LogP contribution is 2.27. The fourth-order valence-electron chi connectivity index (χ4n) is 2.44. The van der Waals surface area contributed by atoms with Gasteiger partial charge >= 0.3 is 0 Å². The van der Waals surface area contributed by atoms with Crippen LogP contribution < -0.4 is 5.32 Å². The smallest absolute Gasteiger partial charge is 0.246 e. The third-order valence-electron chi connectivity index (χ3n) is 3.57. The number of benzene rings is 1. The van der Waals surface area contributed by atoms with Crippen LogP contribution in [0.5, 0.6) is 0 Å². The maximum atomic E-state index is 13.8. The van der Waals surface area contributed by atoms with E-state index in [1.54, 1.807) is 7.05 Å². The standard InChI is InChI=1S/C13H18F2N2O2S.ClH/c1-9-5-13(12(15)6-11(9)14)20(18,19)17-4-3-10(8-17)7-16-2;/h5-6,10,16H,3-4,7-8H2,1-2H3;1H. The first-order chi connectivity index (χ1) is 9.36. The van der Waals surface area contributed by atoms with Crippen molar-refractivity contribution >= 4 is 22.4 Å². The maximum Gasteiger partial charge on any atom is 0.246 e. The Bertz CT molecular complexity index is 610. The molecule has 120 valence electrons. The Morgan fingerprint density at radius 1 is 1.33 bits per heavy atom. The molecule has 1 fully saturated rings. The minimum atomic E-state index is -3.90. The van der Waals surface area contributed by atoms with Crippen LogP contribution in [0.3, 0.4) is 0 Å². The Hall–Kier alpha value is -0.760. The van der Waals surface area contributed by atoms with E-state index in [9.17, 15) is 17.2 Å². The van der Waals surface area contributed by atoms with Crippen LogP contribution in [0.15, 0.2) is 17.0 Å². The molecule has 1 aliphatic rings. The van der Waals surface area contributed by atoms with Gasteiger partial charge in [-0.15, -0.1) is 12.4 Å². The van der Waals surface area contributed by atoms with E-state index in [-0.39, 0.29) is 23.9 Å². The lowest BCUT2D eigenvalue weighted by Gasteiger charge is -2.17. The van der Waals surface area contributed by atoms with Crippen molar-refractivity contribution in [3.8, 4) is 0 Å². The number of hydrogen-bond acceptors (Lipinski definition) is 3. The molecule has 0 spiro atoms. The van der Waals surface area contributed by atoms with E-state index < -0.39 is 26.6 Å². The topological polar surface area (TPSA) is 49.4 Å². The summed E-state index contributed by atoms with van der Waals surface area (Å²) in [6, 6.07) is 1.69. The average Bonchev–Trinajstić information content (AvgIpc) is 2.83. The van der Waals surface area contributed by atoms with Gasteiger partial charge in [0.25, 0.3) is 0 Å². The minimum absolute atomic E-state index is 0. The highest BCUT2D eigenvalue weighted by molar-refractivity contribution is 7.89. The van der Waals surface area contributed by atoms with E-state index in [1.807, 2.05) is 0 Å². The van der Waals surface area contributed by atoms with Crippen molar-refractivity contribution in [1.82, 2.24) is 9.62 Å². The van der Waals surface area contributed by atoms with E-state index in [0.29, 0.717) is 19.2 Å². The fourth-order valence-corrected chi connectivity index (χ4v) is 4.10. The minimum Gasteiger partial charge on any atom is -0.319 e. The monoisotopic (exact) mass is 340 g/mol. The van der Waals surface area contributed by atoms with Crippen LogP contribution in [0, 0.1) is 24.5 Å². The number of aryl methyl sites for hydroxylation is 1. The second-order valence-electron chi connectivity index (χ2n) is 5.11. The molecular formula is C13H19ClF2N2O2S. The van der Waals surface area contributed by atoms with Crippen LogP contribution in [0.4, 0.5) is 8.78 Å². The van der Waals surface area contributed by atoms with Crippen LogP contribution in [-0.2, 0) is 10.0 Å². The lowest BCUT2D eigenvalue weighted by Crippen LogP contribution is -2.31. The number of sulfonamides is 1. The summed E-state index contributed by atoms with van der Waals surface area (Å²) in [7, 11) is -2.09. The van der Waals surface area contributed by atoms with Crippen molar-refractivity contribution in [3.63, 3.8) is 0 Å². The van der Waals surface area contributed by atoms with Crippen LogP contribution in [0.25, 0.3) is 0 Å². The van der Waals surface area contributed by atoms with Gasteiger partial charge in [0, 0.05) is 19.2 Å². The lowest BCUT2D eigenvalue weighted by molar-refractivity contribution is 0.445. The van der Waals surface area contributed by atoms with Crippen LogP contribution >= 0.6 is 12.4 Å². The Morgan fingerprint density at radius 2 is 2.00 bits per heavy atom. The van der Waals surface area contributed by atoms with Crippen molar-refractivity contribution in [2.45, 2.75) is 18.2 Å². The molecule has 21 heavy (non-hydrogen) atoms. The molecule has 0 aromatic heterocycles. The summed E-state index contributed by atoms with van der Waals surface area (Å²) in [5, 5.41) is 3.00. The molecule has 1 aliphatic heterocycles. The first-order valence-corrected chi connectivity index (χ1v) is 7.90. The number of halogens is 3. The summed E-state index contributed by atoms with van der Waals surface area (Å²) >= 11 is 0. The number of nitrogens with zero attached hydrogens (tertiary/aromatic N) is 1. The Balaban J connectivity index is 0.00000220. The number of rotatable bonds is 4. The molecule has 1 aromatic rings. The van der Waals surface area contributed by atoms with E-state index >= 15 is 0 Å². The predicted octanol–water partition coefficient (Wildman–Crippen LogP) is 1.93. The van der Waals surface area contributed by atoms with Crippen LogP contribution in [0.1, 0.15) is 12.0 Å². The SMILES string of the molecule is CNCC1CCN(S(=O)(=O)c2cc(C)c(F)cc2F)C1.Cl. The Kier molecular flexibility index (Phi) is 6.10. The third-order valence-corrected chi connectivity index (χ3v) is 5.45. The molecule has 8 heteroatoms. The molecule has 0 bridgehead atoms. The Morgan fingerprint density at radius 3 is 2.62 bits per heavy atom. The van der Waals surface area contributed by atoms with Gasteiger partial charge in [-0.25, -0.2) is 17.2 Å². The molecule has 0 amide bonds. The normalized spacial score (nSPS) is 19.5. The van der Waals surface area contributed by atoms with Gasteiger partial charge in [-0.05, 0) is 44.5 Å². The van der Waals surface area contributed by atoms with Gasteiger partial charge < -0.3 is 5.32 Å². The zero-order valence-electron chi connectivity index (χ0n) is 11.9. The van der Waals surface area contributed by atoms with Crippen molar-refractivity contribution in [2.24, 2.45) is 5.92 Å². The largest absolute Gasteiger partial charge is 0.319 e. The molecule has 4 nitrogen and oxygen atoms in total. The second kappa shape index (κ2) is 7.00. The van der Waals surface area contributed by atoms with Crippen molar-refractivity contribution in [3.05, 3.63) is 29.3 Å². The van der Waals surface area contributed by atoms with E-state index in [0.717, 1.165) is 19.0 Å². The van der Waals surface area contributed by atoms with E-state index in [2.05, 4.69) is 5.32 Å².